The third-order valence-corrected chi connectivity index (χ3v) is 3.68. The van der Waals surface area contributed by atoms with Crippen molar-refractivity contribution >= 4 is 27.5 Å². The summed E-state index contributed by atoms with van der Waals surface area (Å²) in [5.74, 6) is 1.28. The zero-order valence-corrected chi connectivity index (χ0v) is 12.1. The van der Waals surface area contributed by atoms with E-state index in [1.54, 1.807) is 29.9 Å². The second-order valence-electron chi connectivity index (χ2n) is 3.59. The molecule has 2 aromatic rings. The quantitative estimate of drug-likeness (QED) is 0.850. The highest BCUT2D eigenvalue weighted by molar-refractivity contribution is 9.10. The molecule has 0 atom stereocenters. The van der Waals surface area contributed by atoms with Crippen LogP contribution in [0.25, 0.3) is 11.4 Å². The lowest BCUT2D eigenvalue weighted by atomic mass is 10.2. The molecule has 0 spiro atoms. The molecule has 0 radical (unpaired) electrons. The van der Waals surface area contributed by atoms with E-state index in [2.05, 4.69) is 20.9 Å². The van der Waals surface area contributed by atoms with Gasteiger partial charge in [-0.15, -0.1) is 0 Å². The van der Waals surface area contributed by atoms with Crippen LogP contribution < -0.4 is 4.74 Å². The summed E-state index contributed by atoms with van der Waals surface area (Å²) < 4.78 is 7.68. The number of nitriles is 1. The minimum Gasteiger partial charge on any atom is -0.496 e. The van der Waals surface area contributed by atoms with Crippen LogP contribution in [-0.4, -0.2) is 16.7 Å². The van der Waals surface area contributed by atoms with Gasteiger partial charge in [-0.25, -0.2) is 4.98 Å². The molecule has 0 N–H and O–H groups in total. The number of ether oxygens (including phenoxy) is 1. The van der Waals surface area contributed by atoms with Crippen LogP contribution in [0.1, 0.15) is 5.69 Å². The Morgan fingerprint density at radius 2 is 2.22 bits per heavy atom. The van der Waals surface area contributed by atoms with E-state index in [1.807, 2.05) is 13.1 Å². The van der Waals surface area contributed by atoms with Crippen molar-refractivity contribution in [2.24, 2.45) is 7.05 Å². The average Bonchev–Trinajstić information content (AvgIpc) is 2.66. The standard InChI is InChI=1S/C12H9BrClN3O/c1-17-11(13)9(6-15)16-12(17)8-5-7(14)3-4-10(8)18-2/h3-5H,1-2H3. The number of nitrogens with zero attached hydrogens (tertiary/aromatic N) is 3. The third kappa shape index (κ3) is 2.09. The second-order valence-corrected chi connectivity index (χ2v) is 4.78. The minimum atomic E-state index is 0.328. The highest BCUT2D eigenvalue weighted by Crippen LogP contribution is 2.33. The molecule has 18 heavy (non-hydrogen) atoms. The third-order valence-electron chi connectivity index (χ3n) is 2.53. The van der Waals surface area contributed by atoms with Gasteiger partial charge in [0.1, 0.15) is 22.2 Å². The van der Waals surface area contributed by atoms with Crippen molar-refractivity contribution < 1.29 is 4.74 Å². The van der Waals surface area contributed by atoms with Crippen molar-refractivity contribution in [3.63, 3.8) is 0 Å². The molecule has 0 aliphatic carbocycles. The summed E-state index contributed by atoms with van der Waals surface area (Å²) in [6.07, 6.45) is 0. The van der Waals surface area contributed by atoms with Gasteiger partial charge in [0, 0.05) is 12.1 Å². The molecule has 1 aromatic heterocycles. The molecular weight excluding hydrogens is 318 g/mol. The van der Waals surface area contributed by atoms with Gasteiger partial charge in [0.25, 0.3) is 0 Å². The van der Waals surface area contributed by atoms with Crippen molar-refractivity contribution in [3.8, 4) is 23.2 Å². The summed E-state index contributed by atoms with van der Waals surface area (Å²) >= 11 is 9.31. The SMILES string of the molecule is COc1ccc(Cl)cc1-c1nc(C#N)c(Br)n1C. The lowest BCUT2D eigenvalue weighted by molar-refractivity contribution is 0.416. The van der Waals surface area contributed by atoms with Gasteiger partial charge < -0.3 is 9.30 Å². The van der Waals surface area contributed by atoms with Crippen molar-refractivity contribution in [3.05, 3.63) is 33.5 Å². The monoisotopic (exact) mass is 325 g/mol. The summed E-state index contributed by atoms with van der Waals surface area (Å²) in [7, 11) is 3.39. The molecule has 92 valence electrons. The van der Waals surface area contributed by atoms with Crippen molar-refractivity contribution in [1.82, 2.24) is 9.55 Å². The van der Waals surface area contributed by atoms with E-state index in [9.17, 15) is 0 Å². The van der Waals surface area contributed by atoms with Crippen LogP contribution in [0.15, 0.2) is 22.8 Å². The fourth-order valence-electron chi connectivity index (χ4n) is 1.65. The van der Waals surface area contributed by atoms with Crippen molar-refractivity contribution in [2.75, 3.05) is 7.11 Å². The van der Waals surface area contributed by atoms with Crippen molar-refractivity contribution in [1.29, 1.82) is 5.26 Å². The van der Waals surface area contributed by atoms with Gasteiger partial charge in [-0.3, -0.25) is 0 Å². The number of aromatic nitrogens is 2. The highest BCUT2D eigenvalue weighted by Gasteiger charge is 2.17. The first-order valence-electron chi connectivity index (χ1n) is 5.04. The van der Waals surface area contributed by atoms with E-state index < -0.39 is 0 Å². The van der Waals surface area contributed by atoms with E-state index in [0.717, 1.165) is 5.56 Å². The summed E-state index contributed by atoms with van der Waals surface area (Å²) in [5, 5.41) is 9.56. The van der Waals surface area contributed by atoms with Crippen LogP contribution in [0.5, 0.6) is 5.75 Å². The molecule has 2 rings (SSSR count). The molecule has 0 amide bonds. The maximum Gasteiger partial charge on any atom is 0.173 e. The number of rotatable bonds is 2. The van der Waals surface area contributed by atoms with Gasteiger partial charge in [0.2, 0.25) is 0 Å². The first-order chi connectivity index (χ1) is 8.58. The Morgan fingerprint density at radius 3 is 2.78 bits per heavy atom. The Bertz CT molecular complexity index is 646. The smallest absolute Gasteiger partial charge is 0.173 e. The van der Waals surface area contributed by atoms with Crippen LogP contribution >= 0.6 is 27.5 Å². The molecule has 1 aromatic carbocycles. The zero-order chi connectivity index (χ0) is 13.3. The van der Waals surface area contributed by atoms with E-state index in [1.165, 1.54) is 0 Å². The largest absolute Gasteiger partial charge is 0.496 e. The fourth-order valence-corrected chi connectivity index (χ4v) is 2.16. The number of hydrogen-bond acceptors (Lipinski definition) is 3. The predicted octanol–water partition coefficient (Wildman–Crippen LogP) is 3.38. The fraction of sp³-hybridized carbons (Fsp3) is 0.167. The number of imidazole rings is 1. The number of methoxy groups -OCH3 is 1. The van der Waals surface area contributed by atoms with Crippen LogP contribution in [-0.2, 0) is 7.05 Å². The highest BCUT2D eigenvalue weighted by atomic mass is 79.9. The lowest BCUT2D eigenvalue weighted by Gasteiger charge is -2.08. The van der Waals surface area contributed by atoms with E-state index in [4.69, 9.17) is 21.6 Å². The van der Waals surface area contributed by atoms with Gasteiger partial charge in [-0.05, 0) is 34.1 Å². The summed E-state index contributed by atoms with van der Waals surface area (Å²) in [5.41, 5.74) is 1.07. The molecule has 4 nitrogen and oxygen atoms in total. The molecule has 0 saturated heterocycles. The summed E-state index contributed by atoms with van der Waals surface area (Å²) in [6, 6.07) is 7.30. The summed E-state index contributed by atoms with van der Waals surface area (Å²) in [4.78, 5) is 4.26. The van der Waals surface area contributed by atoms with Gasteiger partial charge in [0.15, 0.2) is 5.69 Å². The predicted molar refractivity (Wildman–Crippen MR) is 72.6 cm³/mol. The van der Waals surface area contributed by atoms with E-state index in [0.29, 0.717) is 26.9 Å². The Hall–Kier alpha value is -1.51. The molecule has 0 aliphatic rings. The number of benzene rings is 1. The van der Waals surface area contributed by atoms with Gasteiger partial charge in [-0.1, -0.05) is 11.6 Å². The Kier molecular flexibility index (Phi) is 3.60. The van der Waals surface area contributed by atoms with E-state index in [-0.39, 0.29) is 0 Å². The van der Waals surface area contributed by atoms with Crippen LogP contribution in [0.4, 0.5) is 0 Å². The zero-order valence-electron chi connectivity index (χ0n) is 9.74. The molecule has 1 heterocycles. The molecule has 0 fully saturated rings. The first-order valence-corrected chi connectivity index (χ1v) is 6.21. The van der Waals surface area contributed by atoms with Gasteiger partial charge >= 0.3 is 0 Å². The Morgan fingerprint density at radius 1 is 1.50 bits per heavy atom. The molecule has 6 heteroatoms. The molecular formula is C12H9BrClN3O. The minimum absolute atomic E-state index is 0.328. The average molecular weight is 327 g/mol. The van der Waals surface area contributed by atoms with Gasteiger partial charge in [0.05, 0.1) is 12.7 Å². The number of halogens is 2. The molecule has 0 aliphatic heterocycles. The molecule has 0 bridgehead atoms. The van der Waals surface area contributed by atoms with Crippen LogP contribution in [0.2, 0.25) is 5.02 Å². The number of hydrogen-bond donors (Lipinski definition) is 0. The molecule has 0 saturated carbocycles. The van der Waals surface area contributed by atoms with E-state index >= 15 is 0 Å². The van der Waals surface area contributed by atoms with Gasteiger partial charge in [-0.2, -0.15) is 5.26 Å². The topological polar surface area (TPSA) is 50.8 Å². The Labute approximate surface area is 118 Å². The molecule has 0 unspecified atom stereocenters. The maximum atomic E-state index is 8.97. The second kappa shape index (κ2) is 5.01. The van der Waals surface area contributed by atoms with Crippen molar-refractivity contribution in [2.45, 2.75) is 0 Å². The van der Waals surface area contributed by atoms with Crippen LogP contribution in [0.3, 0.4) is 0 Å². The van der Waals surface area contributed by atoms with Crippen LogP contribution in [0, 0.1) is 11.3 Å². The lowest BCUT2D eigenvalue weighted by Crippen LogP contribution is -1.95. The Balaban J connectivity index is 2.69. The first kappa shape index (κ1) is 12.9. The normalized spacial score (nSPS) is 10.2. The summed E-state index contributed by atoms with van der Waals surface area (Å²) in [6.45, 7) is 0. The maximum absolute atomic E-state index is 8.97.